The van der Waals surface area contributed by atoms with Gasteiger partial charge in [-0.2, -0.15) is 5.26 Å². The van der Waals surface area contributed by atoms with Crippen LogP contribution in [0.3, 0.4) is 0 Å². The highest BCUT2D eigenvalue weighted by molar-refractivity contribution is 5.51. The van der Waals surface area contributed by atoms with Crippen molar-refractivity contribution in [2.45, 2.75) is 19.8 Å². The van der Waals surface area contributed by atoms with E-state index in [0.29, 0.717) is 12.4 Å². The largest absolute Gasteiger partial charge is 0.370 e. The molecule has 0 spiro atoms. The van der Waals surface area contributed by atoms with Crippen molar-refractivity contribution in [1.29, 1.82) is 5.26 Å². The molecule has 0 aliphatic heterocycles. The summed E-state index contributed by atoms with van der Waals surface area (Å²) in [6.45, 7) is 2.67. The Balaban J connectivity index is 3.34. The molecule has 1 rings (SSSR count). The van der Waals surface area contributed by atoms with E-state index in [1.54, 1.807) is 0 Å². The Hall–Kier alpha value is -2.03. The van der Waals surface area contributed by atoms with Gasteiger partial charge in [0.2, 0.25) is 0 Å². The van der Waals surface area contributed by atoms with E-state index in [1.165, 1.54) is 18.7 Å². The Kier molecular flexibility index (Phi) is 4.10. The van der Waals surface area contributed by atoms with Crippen LogP contribution in [0.5, 0.6) is 0 Å². The number of rotatable bonds is 4. The lowest BCUT2D eigenvalue weighted by molar-refractivity contribution is 0.682. The molecule has 0 aliphatic rings. The molecule has 1 aromatic rings. The van der Waals surface area contributed by atoms with Gasteiger partial charge in [0.05, 0.1) is 0 Å². The standard InChI is InChI=1S/C11H16N4O2/c1-4-5-6-13-9-8(7-12)10(16)15(3)11(17)14(9)2/h13H,4-6H2,1-3H3. The lowest BCUT2D eigenvalue weighted by atomic mass is 10.3. The van der Waals surface area contributed by atoms with Gasteiger partial charge in [-0.05, 0) is 6.42 Å². The van der Waals surface area contributed by atoms with Crippen LogP contribution in [0.1, 0.15) is 25.3 Å². The first-order valence-corrected chi connectivity index (χ1v) is 5.48. The van der Waals surface area contributed by atoms with Gasteiger partial charge in [0.25, 0.3) is 5.56 Å². The monoisotopic (exact) mass is 236 g/mol. The molecule has 0 amide bonds. The summed E-state index contributed by atoms with van der Waals surface area (Å²) in [7, 11) is 2.90. The predicted molar refractivity (Wildman–Crippen MR) is 65.0 cm³/mol. The Morgan fingerprint density at radius 3 is 2.47 bits per heavy atom. The fraction of sp³-hybridized carbons (Fsp3) is 0.545. The summed E-state index contributed by atoms with van der Waals surface area (Å²) in [5.74, 6) is 0.300. The molecule has 0 bridgehead atoms. The molecule has 0 radical (unpaired) electrons. The average Bonchev–Trinajstić information content (AvgIpc) is 2.33. The van der Waals surface area contributed by atoms with Crippen molar-refractivity contribution < 1.29 is 0 Å². The van der Waals surface area contributed by atoms with Gasteiger partial charge in [0, 0.05) is 20.6 Å². The first-order chi connectivity index (χ1) is 8.04. The molecule has 17 heavy (non-hydrogen) atoms. The second-order valence-corrected chi connectivity index (χ2v) is 3.82. The molecule has 0 saturated carbocycles. The van der Waals surface area contributed by atoms with E-state index in [2.05, 4.69) is 5.32 Å². The Morgan fingerprint density at radius 2 is 1.94 bits per heavy atom. The summed E-state index contributed by atoms with van der Waals surface area (Å²) < 4.78 is 2.22. The predicted octanol–water partition coefficient (Wildman–Crippen LogP) is 0.168. The van der Waals surface area contributed by atoms with Gasteiger partial charge < -0.3 is 5.32 Å². The summed E-state index contributed by atoms with van der Waals surface area (Å²) >= 11 is 0. The second-order valence-electron chi connectivity index (χ2n) is 3.82. The third kappa shape index (κ3) is 2.38. The zero-order valence-corrected chi connectivity index (χ0v) is 10.3. The minimum atomic E-state index is -0.561. The van der Waals surface area contributed by atoms with Crippen LogP contribution in [0.15, 0.2) is 9.59 Å². The van der Waals surface area contributed by atoms with Gasteiger partial charge in [0.1, 0.15) is 11.9 Å². The molecule has 0 unspecified atom stereocenters. The van der Waals surface area contributed by atoms with E-state index in [4.69, 9.17) is 5.26 Å². The third-order valence-corrected chi connectivity index (χ3v) is 2.60. The Bertz CT molecular complexity index is 563. The number of nitriles is 1. The van der Waals surface area contributed by atoms with Gasteiger partial charge in [-0.25, -0.2) is 4.79 Å². The lowest BCUT2D eigenvalue weighted by Crippen LogP contribution is -2.39. The first-order valence-electron chi connectivity index (χ1n) is 5.48. The van der Waals surface area contributed by atoms with Crippen molar-refractivity contribution in [1.82, 2.24) is 9.13 Å². The molecule has 0 atom stereocenters. The maximum absolute atomic E-state index is 11.7. The van der Waals surface area contributed by atoms with E-state index >= 15 is 0 Å². The second kappa shape index (κ2) is 5.34. The Labute approximate surface area is 99.1 Å². The number of nitrogens with one attached hydrogen (secondary N) is 1. The van der Waals surface area contributed by atoms with Crippen LogP contribution in [0.25, 0.3) is 0 Å². The first kappa shape index (κ1) is 13.0. The summed E-state index contributed by atoms with van der Waals surface area (Å²) in [5.41, 5.74) is -1.02. The number of hydrogen-bond donors (Lipinski definition) is 1. The number of unbranched alkanes of at least 4 members (excludes halogenated alkanes) is 1. The van der Waals surface area contributed by atoms with Crippen molar-refractivity contribution in [2.75, 3.05) is 11.9 Å². The summed E-state index contributed by atoms with van der Waals surface area (Å²) in [4.78, 5) is 23.4. The van der Waals surface area contributed by atoms with Crippen molar-refractivity contribution in [3.63, 3.8) is 0 Å². The van der Waals surface area contributed by atoms with Gasteiger partial charge in [0.15, 0.2) is 5.56 Å². The lowest BCUT2D eigenvalue weighted by Gasteiger charge is -2.13. The van der Waals surface area contributed by atoms with Crippen molar-refractivity contribution in [2.24, 2.45) is 14.1 Å². The van der Waals surface area contributed by atoms with E-state index in [0.717, 1.165) is 17.4 Å². The van der Waals surface area contributed by atoms with Gasteiger partial charge in [-0.1, -0.05) is 13.3 Å². The van der Waals surface area contributed by atoms with Crippen molar-refractivity contribution >= 4 is 5.82 Å². The quantitative estimate of drug-likeness (QED) is 0.756. The summed E-state index contributed by atoms with van der Waals surface area (Å²) in [6.07, 6.45) is 1.90. The minimum Gasteiger partial charge on any atom is -0.370 e. The smallest absolute Gasteiger partial charge is 0.332 e. The molecule has 0 aromatic carbocycles. The highest BCUT2D eigenvalue weighted by Crippen LogP contribution is 2.06. The number of anilines is 1. The normalized spacial score (nSPS) is 10.0. The highest BCUT2D eigenvalue weighted by atomic mass is 16.2. The topological polar surface area (TPSA) is 79.8 Å². The van der Waals surface area contributed by atoms with Crippen LogP contribution in [0.4, 0.5) is 5.82 Å². The molecule has 6 nitrogen and oxygen atoms in total. The zero-order valence-electron chi connectivity index (χ0n) is 10.3. The molecule has 1 N–H and O–H groups in total. The number of nitrogens with zero attached hydrogens (tertiary/aromatic N) is 3. The SMILES string of the molecule is CCCCNc1c(C#N)c(=O)n(C)c(=O)n1C. The molecule has 1 aromatic heterocycles. The van der Waals surface area contributed by atoms with E-state index in [1.807, 2.05) is 13.0 Å². The maximum atomic E-state index is 11.7. The third-order valence-electron chi connectivity index (χ3n) is 2.60. The molecular formula is C11H16N4O2. The number of aromatic nitrogens is 2. The zero-order chi connectivity index (χ0) is 13.0. The van der Waals surface area contributed by atoms with Crippen LogP contribution in [0.2, 0.25) is 0 Å². The number of hydrogen-bond acceptors (Lipinski definition) is 4. The Morgan fingerprint density at radius 1 is 1.29 bits per heavy atom. The maximum Gasteiger partial charge on any atom is 0.332 e. The van der Waals surface area contributed by atoms with Gasteiger partial charge >= 0.3 is 5.69 Å². The fourth-order valence-corrected chi connectivity index (χ4v) is 1.54. The van der Waals surface area contributed by atoms with Crippen LogP contribution in [-0.2, 0) is 14.1 Å². The van der Waals surface area contributed by atoms with Crippen molar-refractivity contribution in [3.8, 4) is 6.07 Å². The van der Waals surface area contributed by atoms with Crippen molar-refractivity contribution in [3.05, 3.63) is 26.4 Å². The van der Waals surface area contributed by atoms with Crippen LogP contribution in [0, 0.1) is 11.3 Å². The minimum absolute atomic E-state index is 0.0225. The molecule has 6 heteroatoms. The van der Waals surface area contributed by atoms with Gasteiger partial charge in [-0.3, -0.25) is 13.9 Å². The van der Waals surface area contributed by atoms with E-state index < -0.39 is 11.2 Å². The van der Waals surface area contributed by atoms with E-state index in [-0.39, 0.29) is 5.56 Å². The van der Waals surface area contributed by atoms with Crippen LogP contribution in [-0.4, -0.2) is 15.7 Å². The van der Waals surface area contributed by atoms with Crippen LogP contribution < -0.4 is 16.6 Å². The highest BCUT2D eigenvalue weighted by Gasteiger charge is 2.14. The average molecular weight is 236 g/mol. The molecule has 0 aliphatic carbocycles. The molecular weight excluding hydrogens is 220 g/mol. The molecule has 92 valence electrons. The molecule has 0 saturated heterocycles. The fourth-order valence-electron chi connectivity index (χ4n) is 1.54. The van der Waals surface area contributed by atoms with E-state index in [9.17, 15) is 9.59 Å². The molecule has 1 heterocycles. The summed E-state index contributed by atoms with van der Waals surface area (Å²) in [6, 6.07) is 1.84. The van der Waals surface area contributed by atoms with Crippen LogP contribution >= 0.6 is 0 Å². The van der Waals surface area contributed by atoms with Gasteiger partial charge in [-0.15, -0.1) is 0 Å². The molecule has 0 fully saturated rings. The summed E-state index contributed by atoms with van der Waals surface area (Å²) in [5, 5.41) is 11.9.